The van der Waals surface area contributed by atoms with Crippen LogP contribution < -0.4 is 9.64 Å². The zero-order valence-corrected chi connectivity index (χ0v) is 16.0. The maximum Gasteiger partial charge on any atom is 0.264 e. The van der Waals surface area contributed by atoms with Crippen LogP contribution >= 0.6 is 0 Å². The molecular formula is C22H25NO4. The van der Waals surface area contributed by atoms with Gasteiger partial charge in [0.25, 0.3) is 5.91 Å². The summed E-state index contributed by atoms with van der Waals surface area (Å²) in [6.07, 6.45) is 0.405. The lowest BCUT2D eigenvalue weighted by atomic mass is 9.89. The zero-order valence-electron chi connectivity index (χ0n) is 16.0. The van der Waals surface area contributed by atoms with Crippen molar-refractivity contribution in [2.24, 2.45) is 0 Å². The summed E-state index contributed by atoms with van der Waals surface area (Å²) in [5.41, 5.74) is 1.42. The Kier molecular flexibility index (Phi) is 5.33. The molecule has 2 aromatic carbocycles. The van der Waals surface area contributed by atoms with Crippen molar-refractivity contribution in [2.45, 2.75) is 39.2 Å². The molecule has 1 amide bonds. The number of ether oxygens (including phenoxy) is 1. The van der Waals surface area contributed by atoms with Gasteiger partial charge >= 0.3 is 0 Å². The standard InChI is InChI=1S/C22H25NO4/c1-15-8-4-5-11-19(15)27-13-7-12-23-20-16(2)9-6-10-18(20)22(26,21(23)25)14-17(3)24/h4-6,8-11,26H,7,12-14H2,1-3H3. The number of Topliss-reactive ketones (excluding diaryl/α,β-unsaturated/α-hetero) is 1. The molecule has 1 atom stereocenters. The molecular weight excluding hydrogens is 342 g/mol. The molecule has 3 rings (SSSR count). The molecule has 1 aliphatic rings. The normalized spacial score (nSPS) is 18.5. The molecule has 0 radical (unpaired) electrons. The third-order valence-electron chi connectivity index (χ3n) is 4.93. The van der Waals surface area contributed by atoms with Crippen LogP contribution in [0.1, 0.15) is 36.5 Å². The van der Waals surface area contributed by atoms with Gasteiger partial charge in [0.2, 0.25) is 0 Å². The van der Waals surface area contributed by atoms with E-state index in [-0.39, 0.29) is 12.2 Å². The van der Waals surface area contributed by atoms with Crippen molar-refractivity contribution in [1.29, 1.82) is 0 Å². The number of rotatable bonds is 7. The van der Waals surface area contributed by atoms with E-state index in [1.807, 2.05) is 44.2 Å². The van der Waals surface area contributed by atoms with E-state index in [0.717, 1.165) is 16.9 Å². The maximum absolute atomic E-state index is 13.0. The Morgan fingerprint density at radius 3 is 2.52 bits per heavy atom. The minimum atomic E-state index is -1.77. The highest BCUT2D eigenvalue weighted by molar-refractivity contribution is 6.09. The highest BCUT2D eigenvalue weighted by Crippen LogP contribution is 2.44. The lowest BCUT2D eigenvalue weighted by Gasteiger charge is -2.22. The van der Waals surface area contributed by atoms with E-state index in [2.05, 4.69) is 0 Å². The zero-order chi connectivity index (χ0) is 19.6. The van der Waals surface area contributed by atoms with Gasteiger partial charge in [-0.2, -0.15) is 0 Å². The van der Waals surface area contributed by atoms with Crippen molar-refractivity contribution < 1.29 is 19.4 Å². The summed E-state index contributed by atoms with van der Waals surface area (Å²) in [6.45, 7) is 6.16. The van der Waals surface area contributed by atoms with Gasteiger partial charge in [0.05, 0.1) is 12.3 Å². The van der Waals surface area contributed by atoms with Crippen LogP contribution in [0, 0.1) is 13.8 Å². The molecule has 0 saturated carbocycles. The Bertz CT molecular complexity index is 876. The van der Waals surface area contributed by atoms with Crippen LogP contribution in [0.2, 0.25) is 0 Å². The highest BCUT2D eigenvalue weighted by Gasteiger charge is 2.50. The van der Waals surface area contributed by atoms with E-state index >= 15 is 0 Å². The number of nitrogens with zero attached hydrogens (tertiary/aromatic N) is 1. The number of fused-ring (bicyclic) bond motifs is 1. The molecule has 0 aromatic heterocycles. The summed E-state index contributed by atoms with van der Waals surface area (Å²) < 4.78 is 5.81. The minimum absolute atomic E-state index is 0.210. The molecule has 1 unspecified atom stereocenters. The molecule has 5 nitrogen and oxygen atoms in total. The summed E-state index contributed by atoms with van der Waals surface area (Å²) in [4.78, 5) is 26.2. The first-order valence-electron chi connectivity index (χ1n) is 9.17. The van der Waals surface area contributed by atoms with Crippen molar-refractivity contribution in [3.05, 3.63) is 59.2 Å². The number of carbonyl (C=O) groups excluding carboxylic acids is 2. The fraction of sp³-hybridized carbons (Fsp3) is 0.364. The van der Waals surface area contributed by atoms with E-state index in [4.69, 9.17) is 4.74 Å². The van der Waals surface area contributed by atoms with Crippen LogP contribution in [0.25, 0.3) is 0 Å². The Morgan fingerprint density at radius 2 is 1.81 bits per heavy atom. The quantitative estimate of drug-likeness (QED) is 0.763. The van der Waals surface area contributed by atoms with Crippen LogP contribution in [0.3, 0.4) is 0 Å². The Balaban J connectivity index is 1.75. The molecule has 0 saturated heterocycles. The van der Waals surface area contributed by atoms with E-state index in [0.29, 0.717) is 30.8 Å². The van der Waals surface area contributed by atoms with Gasteiger partial charge in [0, 0.05) is 18.5 Å². The number of hydrogen-bond donors (Lipinski definition) is 1. The summed E-state index contributed by atoms with van der Waals surface area (Å²) in [6, 6.07) is 13.2. The van der Waals surface area contributed by atoms with Gasteiger partial charge in [0.15, 0.2) is 5.60 Å². The van der Waals surface area contributed by atoms with Crippen molar-refractivity contribution >= 4 is 17.4 Å². The number of ketones is 1. The predicted octanol–water partition coefficient (Wildman–Crippen LogP) is 3.29. The fourth-order valence-electron chi connectivity index (χ4n) is 3.66. The molecule has 1 aliphatic heterocycles. The number of amides is 1. The SMILES string of the molecule is CC(=O)CC1(O)C(=O)N(CCCOc2ccccc2C)c2c(C)cccc21. The summed E-state index contributed by atoms with van der Waals surface area (Å²) in [5, 5.41) is 11.0. The van der Waals surface area contributed by atoms with Crippen molar-refractivity contribution in [3.8, 4) is 5.75 Å². The van der Waals surface area contributed by atoms with Crippen LogP contribution in [0.4, 0.5) is 5.69 Å². The van der Waals surface area contributed by atoms with Crippen molar-refractivity contribution in [2.75, 3.05) is 18.1 Å². The molecule has 0 fully saturated rings. The van der Waals surface area contributed by atoms with Crippen LogP contribution in [-0.4, -0.2) is 29.9 Å². The van der Waals surface area contributed by atoms with Crippen molar-refractivity contribution in [1.82, 2.24) is 0 Å². The number of carbonyl (C=O) groups is 2. The molecule has 1 heterocycles. The lowest BCUT2D eigenvalue weighted by Crippen LogP contribution is -2.42. The molecule has 2 aromatic rings. The smallest absolute Gasteiger partial charge is 0.264 e. The van der Waals surface area contributed by atoms with Gasteiger partial charge in [-0.1, -0.05) is 36.4 Å². The van der Waals surface area contributed by atoms with Gasteiger partial charge in [-0.15, -0.1) is 0 Å². The number of anilines is 1. The number of para-hydroxylation sites is 2. The second-order valence-electron chi connectivity index (χ2n) is 7.13. The fourth-order valence-corrected chi connectivity index (χ4v) is 3.66. The van der Waals surface area contributed by atoms with E-state index in [1.165, 1.54) is 6.92 Å². The summed E-state index contributed by atoms with van der Waals surface area (Å²) in [5.74, 6) is 0.177. The van der Waals surface area contributed by atoms with Gasteiger partial charge in [-0.3, -0.25) is 9.59 Å². The summed E-state index contributed by atoms with van der Waals surface area (Å²) in [7, 11) is 0. The van der Waals surface area contributed by atoms with E-state index in [9.17, 15) is 14.7 Å². The first kappa shape index (κ1) is 19.1. The number of hydrogen-bond acceptors (Lipinski definition) is 4. The summed E-state index contributed by atoms with van der Waals surface area (Å²) >= 11 is 0. The van der Waals surface area contributed by atoms with Gasteiger partial charge < -0.3 is 14.7 Å². The van der Waals surface area contributed by atoms with Crippen LogP contribution in [0.15, 0.2) is 42.5 Å². The number of aliphatic hydroxyl groups is 1. The first-order chi connectivity index (χ1) is 12.8. The maximum atomic E-state index is 13.0. The Morgan fingerprint density at radius 1 is 1.11 bits per heavy atom. The largest absolute Gasteiger partial charge is 0.493 e. The first-order valence-corrected chi connectivity index (χ1v) is 9.17. The Labute approximate surface area is 159 Å². The Hall–Kier alpha value is -2.66. The molecule has 1 N–H and O–H groups in total. The monoisotopic (exact) mass is 367 g/mol. The van der Waals surface area contributed by atoms with Gasteiger partial charge in [-0.05, 0) is 44.4 Å². The van der Waals surface area contributed by atoms with Crippen molar-refractivity contribution in [3.63, 3.8) is 0 Å². The third-order valence-corrected chi connectivity index (χ3v) is 4.93. The van der Waals surface area contributed by atoms with Gasteiger partial charge in [0.1, 0.15) is 11.5 Å². The lowest BCUT2D eigenvalue weighted by molar-refractivity contribution is -0.141. The minimum Gasteiger partial charge on any atom is -0.493 e. The average Bonchev–Trinajstić information content (AvgIpc) is 2.82. The highest BCUT2D eigenvalue weighted by atomic mass is 16.5. The van der Waals surface area contributed by atoms with Crippen LogP contribution in [0.5, 0.6) is 5.75 Å². The molecule has 5 heteroatoms. The topological polar surface area (TPSA) is 66.8 Å². The second-order valence-corrected chi connectivity index (χ2v) is 7.13. The predicted molar refractivity (Wildman–Crippen MR) is 104 cm³/mol. The van der Waals surface area contributed by atoms with E-state index < -0.39 is 11.5 Å². The molecule has 27 heavy (non-hydrogen) atoms. The average molecular weight is 367 g/mol. The van der Waals surface area contributed by atoms with E-state index in [1.54, 1.807) is 17.0 Å². The molecule has 0 spiro atoms. The number of benzene rings is 2. The number of aryl methyl sites for hydroxylation is 2. The molecule has 142 valence electrons. The van der Waals surface area contributed by atoms with Gasteiger partial charge in [-0.25, -0.2) is 0 Å². The second kappa shape index (κ2) is 7.53. The van der Waals surface area contributed by atoms with Crippen LogP contribution in [-0.2, 0) is 15.2 Å². The molecule has 0 bridgehead atoms. The molecule has 0 aliphatic carbocycles. The third kappa shape index (κ3) is 3.60.